The topological polar surface area (TPSA) is 59.6 Å². The number of hydrogen-bond donors (Lipinski definition) is 2. The van der Waals surface area contributed by atoms with E-state index >= 15 is 0 Å². The summed E-state index contributed by atoms with van der Waals surface area (Å²) in [7, 11) is 1.61. The average molecular weight is 252 g/mol. The van der Waals surface area contributed by atoms with Crippen molar-refractivity contribution in [3.8, 4) is 11.5 Å². The molecule has 0 aliphatic heterocycles. The van der Waals surface area contributed by atoms with E-state index in [-0.39, 0.29) is 12.1 Å². The number of hydrogen-bond acceptors (Lipinski definition) is 3. The summed E-state index contributed by atoms with van der Waals surface area (Å²) in [5, 5.41) is 5.38. The molecule has 2 N–H and O–H groups in total. The van der Waals surface area contributed by atoms with Crippen LogP contribution in [0.2, 0.25) is 0 Å². The zero-order valence-corrected chi connectivity index (χ0v) is 11.0. The Morgan fingerprint density at radius 3 is 2.72 bits per heavy atom. The molecule has 0 heterocycles. The summed E-state index contributed by atoms with van der Waals surface area (Å²) in [6.45, 7) is 4.82. The van der Waals surface area contributed by atoms with Crippen LogP contribution in [0.1, 0.15) is 13.8 Å². The maximum atomic E-state index is 11.2. The molecular weight excluding hydrogens is 232 g/mol. The molecule has 1 aromatic carbocycles. The van der Waals surface area contributed by atoms with Gasteiger partial charge in [-0.25, -0.2) is 4.79 Å². The summed E-state index contributed by atoms with van der Waals surface area (Å²) < 4.78 is 10.8. The van der Waals surface area contributed by atoms with Crippen LogP contribution in [0.5, 0.6) is 11.5 Å². The van der Waals surface area contributed by atoms with E-state index in [1.807, 2.05) is 38.1 Å². The number of amides is 2. The Hall–Kier alpha value is -1.91. The number of urea groups is 1. The summed E-state index contributed by atoms with van der Waals surface area (Å²) in [6.07, 6.45) is -0.111. The molecule has 0 aliphatic carbocycles. The Kier molecular flexibility index (Phi) is 5.84. The Morgan fingerprint density at radius 1 is 1.33 bits per heavy atom. The molecule has 0 aliphatic rings. The second-order valence-corrected chi connectivity index (χ2v) is 3.85. The summed E-state index contributed by atoms with van der Waals surface area (Å²) in [6, 6.07) is 7.19. The highest BCUT2D eigenvalue weighted by atomic mass is 16.5. The van der Waals surface area contributed by atoms with Gasteiger partial charge in [0.25, 0.3) is 0 Å². The zero-order valence-electron chi connectivity index (χ0n) is 11.0. The van der Waals surface area contributed by atoms with Gasteiger partial charge in [-0.15, -0.1) is 0 Å². The predicted molar refractivity (Wildman–Crippen MR) is 70.2 cm³/mol. The number of ether oxygens (including phenoxy) is 2. The van der Waals surface area contributed by atoms with Crippen LogP contribution in [-0.2, 0) is 0 Å². The molecule has 1 aromatic rings. The number of carbonyl (C=O) groups excluding carboxylic acids is 1. The highest BCUT2D eigenvalue weighted by Crippen LogP contribution is 2.19. The van der Waals surface area contributed by atoms with Crippen LogP contribution in [-0.4, -0.2) is 32.3 Å². The third-order valence-corrected chi connectivity index (χ3v) is 2.27. The number of nitrogens with one attached hydrogen (secondary N) is 2. The van der Waals surface area contributed by atoms with E-state index in [0.717, 1.165) is 11.5 Å². The van der Waals surface area contributed by atoms with Crippen molar-refractivity contribution < 1.29 is 14.3 Å². The van der Waals surface area contributed by atoms with E-state index in [9.17, 15) is 4.79 Å². The molecule has 1 atom stereocenters. The van der Waals surface area contributed by atoms with Crippen molar-refractivity contribution in [1.29, 1.82) is 0 Å². The largest absolute Gasteiger partial charge is 0.497 e. The Morgan fingerprint density at radius 2 is 2.06 bits per heavy atom. The van der Waals surface area contributed by atoms with Gasteiger partial charge in [-0.05, 0) is 26.0 Å². The minimum Gasteiger partial charge on any atom is -0.497 e. The molecule has 0 saturated carbocycles. The van der Waals surface area contributed by atoms with Crippen LogP contribution in [0.4, 0.5) is 4.79 Å². The molecular formula is C13H20N2O3. The highest BCUT2D eigenvalue weighted by molar-refractivity contribution is 5.73. The minimum atomic E-state index is -0.182. The molecule has 0 unspecified atom stereocenters. The second-order valence-electron chi connectivity index (χ2n) is 3.85. The first-order valence-corrected chi connectivity index (χ1v) is 5.98. The van der Waals surface area contributed by atoms with E-state index in [4.69, 9.17) is 9.47 Å². The van der Waals surface area contributed by atoms with Gasteiger partial charge in [0.1, 0.15) is 17.6 Å². The fourth-order valence-corrected chi connectivity index (χ4v) is 1.41. The predicted octanol–water partition coefficient (Wildman–Crippen LogP) is 1.78. The Balaban J connectivity index is 2.39. The Bertz CT molecular complexity index is 382. The van der Waals surface area contributed by atoms with Crippen LogP contribution >= 0.6 is 0 Å². The van der Waals surface area contributed by atoms with Gasteiger partial charge in [0, 0.05) is 12.6 Å². The second kappa shape index (κ2) is 7.42. The van der Waals surface area contributed by atoms with E-state index in [1.54, 1.807) is 7.11 Å². The molecule has 0 fully saturated rings. The Labute approximate surface area is 107 Å². The molecule has 0 spiro atoms. The average Bonchev–Trinajstić information content (AvgIpc) is 2.37. The van der Waals surface area contributed by atoms with Gasteiger partial charge in [0.05, 0.1) is 13.7 Å². The lowest BCUT2D eigenvalue weighted by Crippen LogP contribution is -2.40. The molecule has 1 rings (SSSR count). The van der Waals surface area contributed by atoms with Crippen LogP contribution in [0.3, 0.4) is 0 Å². The summed E-state index contributed by atoms with van der Waals surface area (Å²) in [5.41, 5.74) is 0. The lowest BCUT2D eigenvalue weighted by molar-refractivity contribution is 0.207. The SMILES string of the molecule is CCNC(=O)NC[C@@H](C)Oc1cccc(OC)c1. The maximum absolute atomic E-state index is 11.2. The lowest BCUT2D eigenvalue weighted by atomic mass is 10.3. The van der Waals surface area contributed by atoms with Crippen molar-refractivity contribution in [2.24, 2.45) is 0 Å². The number of carbonyl (C=O) groups is 1. The van der Waals surface area contributed by atoms with Gasteiger partial charge in [-0.2, -0.15) is 0 Å². The maximum Gasteiger partial charge on any atom is 0.314 e. The van der Waals surface area contributed by atoms with Crippen LogP contribution in [0.25, 0.3) is 0 Å². The van der Waals surface area contributed by atoms with E-state index in [1.165, 1.54) is 0 Å². The van der Waals surface area contributed by atoms with Gasteiger partial charge in [-0.1, -0.05) is 6.07 Å². The minimum absolute atomic E-state index is 0.111. The standard InChI is InChI=1S/C13H20N2O3/c1-4-14-13(16)15-9-10(2)18-12-7-5-6-11(8-12)17-3/h5-8,10H,4,9H2,1-3H3,(H2,14,15,16)/t10-/m1/s1. The first-order chi connectivity index (χ1) is 8.65. The van der Waals surface area contributed by atoms with Crippen molar-refractivity contribution in [2.75, 3.05) is 20.2 Å². The molecule has 5 heteroatoms. The van der Waals surface area contributed by atoms with Gasteiger partial charge in [-0.3, -0.25) is 0 Å². The first kappa shape index (κ1) is 14.2. The lowest BCUT2D eigenvalue weighted by Gasteiger charge is -2.16. The number of methoxy groups -OCH3 is 1. The normalized spacial score (nSPS) is 11.5. The fraction of sp³-hybridized carbons (Fsp3) is 0.462. The summed E-state index contributed by atoms with van der Waals surface area (Å²) in [4.78, 5) is 11.2. The van der Waals surface area contributed by atoms with Gasteiger partial charge in [0.2, 0.25) is 0 Å². The summed E-state index contributed by atoms with van der Waals surface area (Å²) in [5.74, 6) is 1.47. The van der Waals surface area contributed by atoms with Gasteiger partial charge in [0.15, 0.2) is 0 Å². The zero-order chi connectivity index (χ0) is 13.4. The van der Waals surface area contributed by atoms with Crippen molar-refractivity contribution in [2.45, 2.75) is 20.0 Å². The third-order valence-electron chi connectivity index (χ3n) is 2.27. The molecule has 0 saturated heterocycles. The molecule has 0 bridgehead atoms. The molecule has 100 valence electrons. The molecule has 0 aromatic heterocycles. The smallest absolute Gasteiger partial charge is 0.314 e. The fourth-order valence-electron chi connectivity index (χ4n) is 1.41. The summed E-state index contributed by atoms with van der Waals surface area (Å²) >= 11 is 0. The number of benzene rings is 1. The number of rotatable bonds is 6. The quantitative estimate of drug-likeness (QED) is 0.811. The molecule has 0 radical (unpaired) electrons. The molecule has 5 nitrogen and oxygen atoms in total. The van der Waals surface area contributed by atoms with Crippen molar-refractivity contribution >= 4 is 6.03 Å². The van der Waals surface area contributed by atoms with E-state index in [2.05, 4.69) is 10.6 Å². The van der Waals surface area contributed by atoms with Crippen LogP contribution < -0.4 is 20.1 Å². The van der Waals surface area contributed by atoms with Crippen molar-refractivity contribution in [1.82, 2.24) is 10.6 Å². The molecule has 2 amide bonds. The van der Waals surface area contributed by atoms with Crippen LogP contribution in [0.15, 0.2) is 24.3 Å². The van der Waals surface area contributed by atoms with Crippen LogP contribution in [0, 0.1) is 0 Å². The first-order valence-electron chi connectivity index (χ1n) is 5.98. The third kappa shape index (κ3) is 4.95. The van der Waals surface area contributed by atoms with E-state index < -0.39 is 0 Å². The van der Waals surface area contributed by atoms with Gasteiger partial charge >= 0.3 is 6.03 Å². The monoisotopic (exact) mass is 252 g/mol. The molecule has 18 heavy (non-hydrogen) atoms. The van der Waals surface area contributed by atoms with Crippen molar-refractivity contribution in [3.05, 3.63) is 24.3 Å². The van der Waals surface area contributed by atoms with Gasteiger partial charge < -0.3 is 20.1 Å². The van der Waals surface area contributed by atoms with Crippen molar-refractivity contribution in [3.63, 3.8) is 0 Å². The highest BCUT2D eigenvalue weighted by Gasteiger charge is 2.06. The van der Waals surface area contributed by atoms with E-state index in [0.29, 0.717) is 13.1 Å².